The van der Waals surface area contributed by atoms with Crippen molar-refractivity contribution in [1.82, 2.24) is 5.32 Å². The van der Waals surface area contributed by atoms with Gasteiger partial charge in [-0.05, 0) is 38.1 Å². The van der Waals surface area contributed by atoms with Gasteiger partial charge in [0, 0.05) is 16.4 Å². The van der Waals surface area contributed by atoms with Crippen LogP contribution >= 0.6 is 15.9 Å². The van der Waals surface area contributed by atoms with Crippen molar-refractivity contribution in [2.75, 3.05) is 13.6 Å². The van der Waals surface area contributed by atoms with Crippen LogP contribution in [0.2, 0.25) is 0 Å². The largest absolute Gasteiger partial charge is 0.319 e. The fourth-order valence-electron chi connectivity index (χ4n) is 2.38. The van der Waals surface area contributed by atoms with E-state index in [2.05, 4.69) is 21.2 Å². The molecule has 1 aliphatic carbocycles. The Morgan fingerprint density at radius 1 is 1.53 bits per heavy atom. The highest BCUT2D eigenvalue weighted by Gasteiger charge is 2.44. The highest BCUT2D eigenvalue weighted by Crippen LogP contribution is 2.43. The van der Waals surface area contributed by atoms with Gasteiger partial charge in [-0.25, -0.2) is 4.39 Å². The molecule has 0 unspecified atom stereocenters. The molecule has 0 bridgehead atoms. The van der Waals surface area contributed by atoms with Gasteiger partial charge in [0.2, 0.25) is 0 Å². The van der Waals surface area contributed by atoms with E-state index in [1.807, 2.05) is 7.05 Å². The molecule has 1 fully saturated rings. The number of hydrogen-bond donors (Lipinski definition) is 1. The van der Waals surface area contributed by atoms with Gasteiger partial charge in [0.15, 0.2) is 5.78 Å². The lowest BCUT2D eigenvalue weighted by Crippen LogP contribution is -2.45. The predicted octanol–water partition coefficient (Wildman–Crippen LogP) is 3.16. The number of hydrogen-bond acceptors (Lipinski definition) is 2. The SMILES string of the molecule is CNCC1(C(=O)c2cc(Br)ccc2F)CCC1. The molecule has 0 spiro atoms. The molecule has 1 N–H and O–H groups in total. The summed E-state index contributed by atoms with van der Waals surface area (Å²) in [6.45, 7) is 0.623. The first-order chi connectivity index (χ1) is 8.09. The molecule has 0 heterocycles. The highest BCUT2D eigenvalue weighted by atomic mass is 79.9. The van der Waals surface area contributed by atoms with Crippen molar-refractivity contribution in [3.63, 3.8) is 0 Å². The molecule has 1 aromatic carbocycles. The molecule has 2 rings (SSSR count). The van der Waals surface area contributed by atoms with Crippen LogP contribution < -0.4 is 5.32 Å². The topological polar surface area (TPSA) is 29.1 Å². The van der Waals surface area contributed by atoms with Crippen LogP contribution in [0.4, 0.5) is 4.39 Å². The van der Waals surface area contributed by atoms with Crippen LogP contribution in [0.1, 0.15) is 29.6 Å². The van der Waals surface area contributed by atoms with Crippen molar-refractivity contribution in [3.05, 3.63) is 34.1 Å². The van der Waals surface area contributed by atoms with E-state index in [0.29, 0.717) is 6.54 Å². The Balaban J connectivity index is 2.32. The van der Waals surface area contributed by atoms with Gasteiger partial charge >= 0.3 is 0 Å². The molecule has 0 aliphatic heterocycles. The normalized spacial score (nSPS) is 17.6. The van der Waals surface area contributed by atoms with Gasteiger partial charge in [-0.1, -0.05) is 22.4 Å². The van der Waals surface area contributed by atoms with Crippen LogP contribution in [0.5, 0.6) is 0 Å². The van der Waals surface area contributed by atoms with E-state index < -0.39 is 11.2 Å². The van der Waals surface area contributed by atoms with Gasteiger partial charge in [0.25, 0.3) is 0 Å². The zero-order chi connectivity index (χ0) is 12.5. The van der Waals surface area contributed by atoms with Crippen molar-refractivity contribution in [1.29, 1.82) is 0 Å². The molecule has 4 heteroatoms. The van der Waals surface area contributed by atoms with E-state index in [9.17, 15) is 9.18 Å². The summed E-state index contributed by atoms with van der Waals surface area (Å²) in [6, 6.07) is 4.52. The van der Waals surface area contributed by atoms with Crippen LogP contribution in [0.15, 0.2) is 22.7 Å². The van der Waals surface area contributed by atoms with E-state index in [1.165, 1.54) is 6.07 Å². The zero-order valence-electron chi connectivity index (χ0n) is 9.72. The Kier molecular flexibility index (Phi) is 3.64. The number of halogens is 2. The Morgan fingerprint density at radius 3 is 2.76 bits per heavy atom. The molecule has 0 radical (unpaired) electrons. The quantitative estimate of drug-likeness (QED) is 0.865. The van der Waals surface area contributed by atoms with Gasteiger partial charge < -0.3 is 5.32 Å². The number of nitrogens with one attached hydrogen (secondary N) is 1. The van der Waals surface area contributed by atoms with Gasteiger partial charge in [-0.3, -0.25) is 4.79 Å². The van der Waals surface area contributed by atoms with Crippen LogP contribution in [0.3, 0.4) is 0 Å². The molecule has 92 valence electrons. The van der Waals surface area contributed by atoms with Crippen molar-refractivity contribution in [2.45, 2.75) is 19.3 Å². The lowest BCUT2D eigenvalue weighted by molar-refractivity contribution is 0.0609. The maximum Gasteiger partial charge on any atom is 0.173 e. The number of Topliss-reactive ketones (excluding diaryl/α,β-unsaturated/α-hetero) is 1. The number of carbonyl (C=O) groups is 1. The summed E-state index contributed by atoms with van der Waals surface area (Å²) >= 11 is 3.28. The molecule has 17 heavy (non-hydrogen) atoms. The minimum Gasteiger partial charge on any atom is -0.319 e. The van der Waals surface area contributed by atoms with E-state index in [1.54, 1.807) is 12.1 Å². The van der Waals surface area contributed by atoms with E-state index in [4.69, 9.17) is 0 Å². The van der Waals surface area contributed by atoms with Crippen LogP contribution in [0, 0.1) is 11.2 Å². The van der Waals surface area contributed by atoms with Gasteiger partial charge in [0.1, 0.15) is 5.82 Å². The average molecular weight is 300 g/mol. The molecule has 0 atom stereocenters. The third-order valence-electron chi connectivity index (χ3n) is 3.48. The van der Waals surface area contributed by atoms with Crippen LogP contribution in [-0.2, 0) is 0 Å². The highest BCUT2D eigenvalue weighted by molar-refractivity contribution is 9.10. The maximum absolute atomic E-state index is 13.7. The summed E-state index contributed by atoms with van der Waals surface area (Å²) in [7, 11) is 1.82. The minimum atomic E-state index is -0.430. The van der Waals surface area contributed by atoms with Crippen molar-refractivity contribution in [2.24, 2.45) is 5.41 Å². The standard InChI is InChI=1S/C13H15BrFNO/c1-16-8-13(5-2-6-13)12(17)10-7-9(14)3-4-11(10)15/h3-4,7,16H,2,5-6,8H2,1H3. The van der Waals surface area contributed by atoms with E-state index in [0.717, 1.165) is 23.7 Å². The molecular weight excluding hydrogens is 285 g/mol. The maximum atomic E-state index is 13.7. The minimum absolute atomic E-state index is 0.0723. The number of carbonyl (C=O) groups excluding carboxylic acids is 1. The molecule has 0 saturated heterocycles. The fraction of sp³-hybridized carbons (Fsp3) is 0.462. The molecule has 0 aromatic heterocycles. The van der Waals surface area contributed by atoms with Crippen LogP contribution in [0.25, 0.3) is 0 Å². The molecular formula is C13H15BrFNO. The van der Waals surface area contributed by atoms with Crippen LogP contribution in [-0.4, -0.2) is 19.4 Å². The first-order valence-corrected chi connectivity index (χ1v) is 6.53. The summed E-state index contributed by atoms with van der Waals surface area (Å²) in [5.74, 6) is -0.502. The smallest absolute Gasteiger partial charge is 0.173 e. The predicted molar refractivity (Wildman–Crippen MR) is 68.6 cm³/mol. The molecule has 0 amide bonds. The Labute approximate surface area is 109 Å². The second-order valence-electron chi connectivity index (χ2n) is 4.62. The Bertz CT molecular complexity index is 443. The third-order valence-corrected chi connectivity index (χ3v) is 3.97. The Morgan fingerprint density at radius 2 is 2.24 bits per heavy atom. The summed E-state index contributed by atoms with van der Waals surface area (Å²) < 4.78 is 14.4. The van der Waals surface area contributed by atoms with Gasteiger partial charge in [-0.15, -0.1) is 0 Å². The average Bonchev–Trinajstić information content (AvgIpc) is 2.26. The first-order valence-electron chi connectivity index (χ1n) is 5.73. The molecule has 1 aromatic rings. The Hall–Kier alpha value is -0.740. The van der Waals surface area contributed by atoms with E-state index >= 15 is 0 Å². The van der Waals surface area contributed by atoms with E-state index in [-0.39, 0.29) is 11.3 Å². The molecule has 1 aliphatic rings. The number of benzene rings is 1. The van der Waals surface area contributed by atoms with Gasteiger partial charge in [-0.2, -0.15) is 0 Å². The summed E-state index contributed by atoms with van der Waals surface area (Å²) in [5, 5.41) is 3.04. The molecule has 1 saturated carbocycles. The summed E-state index contributed by atoms with van der Waals surface area (Å²) in [5.41, 5.74) is -0.189. The molecule has 2 nitrogen and oxygen atoms in total. The lowest BCUT2D eigenvalue weighted by Gasteiger charge is -2.40. The number of rotatable bonds is 4. The monoisotopic (exact) mass is 299 g/mol. The van der Waals surface area contributed by atoms with Crippen molar-refractivity contribution in [3.8, 4) is 0 Å². The number of ketones is 1. The fourth-order valence-corrected chi connectivity index (χ4v) is 2.74. The second kappa shape index (κ2) is 4.86. The summed E-state index contributed by atoms with van der Waals surface area (Å²) in [6.07, 6.45) is 2.74. The van der Waals surface area contributed by atoms with Crippen molar-refractivity contribution >= 4 is 21.7 Å². The van der Waals surface area contributed by atoms with Crippen molar-refractivity contribution < 1.29 is 9.18 Å². The zero-order valence-corrected chi connectivity index (χ0v) is 11.3. The third kappa shape index (κ3) is 2.29. The summed E-state index contributed by atoms with van der Waals surface area (Å²) in [4.78, 5) is 12.4. The lowest BCUT2D eigenvalue weighted by atomic mass is 9.64. The van der Waals surface area contributed by atoms with Gasteiger partial charge in [0.05, 0.1) is 5.56 Å². The second-order valence-corrected chi connectivity index (χ2v) is 5.53. The first kappa shape index (κ1) is 12.7.